The lowest BCUT2D eigenvalue weighted by Crippen LogP contribution is -2.43. The topological polar surface area (TPSA) is 95.9 Å². The van der Waals surface area contributed by atoms with Gasteiger partial charge in [0.05, 0.1) is 29.3 Å². The SMILES string of the molecule is CN1CCC(NC(=O)c2cc3c(Nc4cnnc(-c5cc(Cl)ccc5F)c4)ccnc3cn2)CC1. The number of nitrogens with one attached hydrogen (secondary N) is 2. The molecule has 0 aliphatic carbocycles. The van der Waals surface area contributed by atoms with Crippen LogP contribution < -0.4 is 10.6 Å². The van der Waals surface area contributed by atoms with Gasteiger partial charge < -0.3 is 15.5 Å². The van der Waals surface area contributed by atoms with Crippen LogP contribution in [0.25, 0.3) is 22.2 Å². The summed E-state index contributed by atoms with van der Waals surface area (Å²) in [6, 6.07) is 9.61. The van der Waals surface area contributed by atoms with E-state index in [0.717, 1.165) is 31.3 Å². The van der Waals surface area contributed by atoms with Crippen molar-refractivity contribution in [3.05, 3.63) is 71.5 Å². The van der Waals surface area contributed by atoms with Gasteiger partial charge in [-0.1, -0.05) is 11.6 Å². The number of piperidine rings is 1. The van der Waals surface area contributed by atoms with Gasteiger partial charge in [-0.3, -0.25) is 9.78 Å². The van der Waals surface area contributed by atoms with E-state index in [1.54, 1.807) is 30.6 Å². The fraction of sp³-hybridized carbons (Fsp3) is 0.240. The fourth-order valence-corrected chi connectivity index (χ4v) is 4.28. The highest BCUT2D eigenvalue weighted by molar-refractivity contribution is 6.30. The van der Waals surface area contributed by atoms with Gasteiger partial charge in [-0.2, -0.15) is 10.2 Å². The van der Waals surface area contributed by atoms with Crippen molar-refractivity contribution >= 4 is 39.8 Å². The number of fused-ring (bicyclic) bond motifs is 1. The molecule has 0 atom stereocenters. The van der Waals surface area contributed by atoms with Crippen LogP contribution in [0.2, 0.25) is 5.02 Å². The molecule has 1 aliphatic rings. The van der Waals surface area contributed by atoms with Crippen molar-refractivity contribution in [2.45, 2.75) is 18.9 Å². The van der Waals surface area contributed by atoms with Crippen molar-refractivity contribution < 1.29 is 9.18 Å². The van der Waals surface area contributed by atoms with E-state index in [9.17, 15) is 9.18 Å². The molecule has 1 aromatic carbocycles. The number of pyridine rings is 2. The second-order valence-corrected chi connectivity index (χ2v) is 9.01. The minimum Gasteiger partial charge on any atom is -0.354 e. The zero-order chi connectivity index (χ0) is 24.4. The zero-order valence-electron chi connectivity index (χ0n) is 19.0. The number of carbonyl (C=O) groups is 1. The Hall–Kier alpha value is -3.69. The Morgan fingerprint density at radius 1 is 1.11 bits per heavy atom. The third-order valence-electron chi connectivity index (χ3n) is 6.05. The first-order valence-electron chi connectivity index (χ1n) is 11.3. The first-order chi connectivity index (χ1) is 17.0. The largest absolute Gasteiger partial charge is 0.354 e. The molecule has 178 valence electrons. The van der Waals surface area contributed by atoms with Crippen LogP contribution in [0.3, 0.4) is 0 Å². The predicted octanol–water partition coefficient (Wildman–Crippen LogP) is 4.45. The summed E-state index contributed by atoms with van der Waals surface area (Å²) >= 11 is 6.03. The number of carbonyl (C=O) groups excluding carboxylic acids is 1. The number of amides is 1. The lowest BCUT2D eigenvalue weighted by molar-refractivity contribution is 0.0912. The lowest BCUT2D eigenvalue weighted by atomic mass is 10.1. The maximum Gasteiger partial charge on any atom is 0.270 e. The average Bonchev–Trinajstić information content (AvgIpc) is 2.87. The van der Waals surface area contributed by atoms with Gasteiger partial charge in [-0.15, -0.1) is 0 Å². The number of hydrogen-bond acceptors (Lipinski definition) is 7. The Balaban J connectivity index is 1.41. The molecule has 1 amide bonds. The normalized spacial score (nSPS) is 14.7. The van der Waals surface area contributed by atoms with Gasteiger partial charge in [-0.25, -0.2) is 9.37 Å². The standard InChI is InChI=1S/C25H23ClFN7O/c1-34-8-5-16(6-9-34)32-25(35)23-12-19-21(4-7-28-24(19)14-29-23)31-17-11-22(33-30-13-17)18-10-15(26)2-3-20(18)27/h2-4,7,10-14,16H,5-6,8-9H2,1H3,(H,32,35)(H,28,31,33). The van der Waals surface area contributed by atoms with Crippen molar-refractivity contribution in [2.75, 3.05) is 25.5 Å². The quantitative estimate of drug-likeness (QED) is 0.426. The lowest BCUT2D eigenvalue weighted by Gasteiger charge is -2.29. The molecule has 4 heterocycles. The summed E-state index contributed by atoms with van der Waals surface area (Å²) in [6.07, 6.45) is 6.59. The molecule has 35 heavy (non-hydrogen) atoms. The van der Waals surface area contributed by atoms with Crippen molar-refractivity contribution in [3.8, 4) is 11.3 Å². The van der Waals surface area contributed by atoms with Gasteiger partial charge in [0.1, 0.15) is 11.5 Å². The summed E-state index contributed by atoms with van der Waals surface area (Å²) < 4.78 is 14.3. The Labute approximate surface area is 206 Å². The van der Waals surface area contributed by atoms with Crippen LogP contribution in [-0.4, -0.2) is 57.2 Å². The molecule has 10 heteroatoms. The van der Waals surface area contributed by atoms with Crippen molar-refractivity contribution in [2.24, 2.45) is 0 Å². The average molecular weight is 492 g/mol. The Kier molecular flexibility index (Phi) is 6.52. The number of halogens is 2. The summed E-state index contributed by atoms with van der Waals surface area (Å²) in [7, 11) is 2.08. The van der Waals surface area contributed by atoms with Gasteiger partial charge in [-0.05, 0) is 69.4 Å². The monoisotopic (exact) mass is 491 g/mol. The van der Waals surface area contributed by atoms with Gasteiger partial charge in [0, 0.05) is 33.9 Å². The maximum atomic E-state index is 14.3. The van der Waals surface area contributed by atoms with Crippen LogP contribution in [0.15, 0.2) is 55.0 Å². The number of likely N-dealkylation sites (tertiary alicyclic amines) is 1. The number of hydrogen-bond donors (Lipinski definition) is 2. The molecule has 3 aromatic heterocycles. The van der Waals surface area contributed by atoms with E-state index in [0.29, 0.717) is 33.3 Å². The molecule has 4 aromatic rings. The third kappa shape index (κ3) is 5.21. The van der Waals surface area contributed by atoms with Crippen LogP contribution in [0.4, 0.5) is 15.8 Å². The van der Waals surface area contributed by atoms with Gasteiger partial charge >= 0.3 is 0 Å². The number of benzene rings is 1. The van der Waals surface area contributed by atoms with Crippen LogP contribution in [-0.2, 0) is 0 Å². The molecule has 5 rings (SSSR count). The number of aromatic nitrogens is 4. The smallest absolute Gasteiger partial charge is 0.270 e. The van der Waals surface area contributed by atoms with E-state index in [4.69, 9.17) is 11.6 Å². The minimum atomic E-state index is -0.443. The van der Waals surface area contributed by atoms with Crippen LogP contribution in [0.1, 0.15) is 23.3 Å². The molecule has 2 N–H and O–H groups in total. The van der Waals surface area contributed by atoms with Crippen molar-refractivity contribution in [3.63, 3.8) is 0 Å². The van der Waals surface area contributed by atoms with Gasteiger partial charge in [0.25, 0.3) is 5.91 Å². The van der Waals surface area contributed by atoms with E-state index in [1.165, 1.54) is 24.4 Å². The van der Waals surface area contributed by atoms with E-state index in [1.807, 2.05) is 0 Å². The summed E-state index contributed by atoms with van der Waals surface area (Å²) in [4.78, 5) is 23.8. The van der Waals surface area contributed by atoms with E-state index in [-0.39, 0.29) is 17.5 Å². The first-order valence-corrected chi connectivity index (χ1v) is 11.6. The van der Waals surface area contributed by atoms with Crippen LogP contribution >= 0.6 is 11.6 Å². The second kappa shape index (κ2) is 9.89. The molecule has 0 unspecified atom stereocenters. The molecule has 1 aliphatic heterocycles. The Bertz CT molecular complexity index is 1390. The van der Waals surface area contributed by atoms with Crippen molar-refractivity contribution in [1.82, 2.24) is 30.4 Å². The molecule has 8 nitrogen and oxygen atoms in total. The predicted molar refractivity (Wildman–Crippen MR) is 133 cm³/mol. The first kappa shape index (κ1) is 23.1. The van der Waals surface area contributed by atoms with E-state index < -0.39 is 5.82 Å². The number of rotatable bonds is 5. The van der Waals surface area contributed by atoms with Gasteiger partial charge in [0.2, 0.25) is 0 Å². The molecular formula is C25H23ClFN7O. The molecule has 0 bridgehead atoms. The number of nitrogens with zero attached hydrogens (tertiary/aromatic N) is 5. The maximum absolute atomic E-state index is 14.3. The molecular weight excluding hydrogens is 469 g/mol. The van der Waals surface area contributed by atoms with E-state index in [2.05, 4.69) is 42.7 Å². The zero-order valence-corrected chi connectivity index (χ0v) is 19.8. The van der Waals surface area contributed by atoms with Crippen molar-refractivity contribution in [1.29, 1.82) is 0 Å². The molecule has 1 fully saturated rings. The van der Waals surface area contributed by atoms with Crippen LogP contribution in [0, 0.1) is 5.82 Å². The summed E-state index contributed by atoms with van der Waals surface area (Å²) in [5, 5.41) is 15.6. The third-order valence-corrected chi connectivity index (χ3v) is 6.29. The highest BCUT2D eigenvalue weighted by Gasteiger charge is 2.20. The highest BCUT2D eigenvalue weighted by Crippen LogP contribution is 2.29. The molecule has 0 radical (unpaired) electrons. The Morgan fingerprint density at radius 3 is 2.77 bits per heavy atom. The number of anilines is 2. The highest BCUT2D eigenvalue weighted by atomic mass is 35.5. The molecule has 0 spiro atoms. The van der Waals surface area contributed by atoms with Gasteiger partial charge in [0.15, 0.2) is 0 Å². The molecule has 1 saturated heterocycles. The minimum absolute atomic E-state index is 0.135. The van der Waals surface area contributed by atoms with Crippen LogP contribution in [0.5, 0.6) is 0 Å². The summed E-state index contributed by atoms with van der Waals surface area (Å²) in [6.45, 7) is 1.91. The fourth-order valence-electron chi connectivity index (χ4n) is 4.11. The van der Waals surface area contributed by atoms with E-state index >= 15 is 0 Å². The summed E-state index contributed by atoms with van der Waals surface area (Å²) in [5.41, 5.74) is 2.85. The second-order valence-electron chi connectivity index (χ2n) is 8.57. The Morgan fingerprint density at radius 2 is 1.94 bits per heavy atom. The molecule has 0 saturated carbocycles. The summed E-state index contributed by atoms with van der Waals surface area (Å²) in [5.74, 6) is -0.651.